The first-order chi connectivity index (χ1) is 7.16. The fraction of sp³-hybridized carbons (Fsp3) is 0.400. The number of anilines is 1. The van der Waals surface area contributed by atoms with E-state index in [2.05, 4.69) is 26.9 Å². The minimum absolute atomic E-state index is 0.426. The highest BCUT2D eigenvalue weighted by atomic mass is 15.1. The molecule has 1 saturated carbocycles. The number of rotatable bonds is 3. The molecule has 1 aromatic rings. The third-order valence-electron chi connectivity index (χ3n) is 2.10. The summed E-state index contributed by atoms with van der Waals surface area (Å²) in [6.45, 7) is 5.68. The molecule has 1 aliphatic rings. The summed E-state index contributed by atoms with van der Waals surface area (Å²) in [6.07, 6.45) is 3.86. The lowest BCUT2D eigenvalue weighted by molar-refractivity contribution is 1.01. The lowest BCUT2D eigenvalue weighted by atomic mass is 10.3. The molecule has 1 aromatic heterocycles. The molecule has 0 aromatic carbocycles. The maximum absolute atomic E-state index is 5.72. The molecule has 0 radical (unpaired) electrons. The molecule has 0 amide bonds. The van der Waals surface area contributed by atoms with E-state index in [1.807, 2.05) is 6.92 Å². The predicted molar refractivity (Wildman–Crippen MR) is 60.5 cm³/mol. The highest BCUT2D eigenvalue weighted by Crippen LogP contribution is 2.24. The zero-order valence-corrected chi connectivity index (χ0v) is 8.75. The van der Waals surface area contributed by atoms with Crippen LogP contribution in [0.2, 0.25) is 0 Å². The van der Waals surface area contributed by atoms with E-state index in [0.29, 0.717) is 11.9 Å². The zero-order valence-electron chi connectivity index (χ0n) is 8.75. The third kappa shape index (κ3) is 2.37. The maximum Gasteiger partial charge on any atom is 0.153 e. The monoisotopic (exact) mass is 205 g/mol. The van der Waals surface area contributed by atoms with E-state index in [1.165, 1.54) is 0 Å². The van der Waals surface area contributed by atoms with Crippen molar-refractivity contribution in [2.75, 3.05) is 5.73 Å². The van der Waals surface area contributed by atoms with Crippen LogP contribution >= 0.6 is 0 Å². The molecule has 0 unspecified atom stereocenters. The molecule has 5 heteroatoms. The highest BCUT2D eigenvalue weighted by molar-refractivity contribution is 6.01. The fourth-order valence-corrected chi connectivity index (χ4v) is 1.24. The number of nitrogens with zero attached hydrogens (tertiary/aromatic N) is 2. The molecule has 1 fully saturated rings. The predicted octanol–water partition coefficient (Wildman–Crippen LogP) is 1.02. The molecular formula is C10H15N5. The summed E-state index contributed by atoms with van der Waals surface area (Å²) < 4.78 is 0. The number of aliphatic imine (C=N–C) groups is 1. The Balaban J connectivity index is 2.25. The normalized spacial score (nSPS) is 16.5. The van der Waals surface area contributed by atoms with Crippen molar-refractivity contribution in [3.8, 4) is 0 Å². The third-order valence-corrected chi connectivity index (χ3v) is 2.10. The Bertz CT molecular complexity index is 400. The Labute approximate surface area is 88.5 Å². The van der Waals surface area contributed by atoms with Gasteiger partial charge in [-0.2, -0.15) is 0 Å². The van der Waals surface area contributed by atoms with Crippen molar-refractivity contribution in [2.24, 2.45) is 4.99 Å². The number of nitrogens with one attached hydrogen (secondary N) is 2. The summed E-state index contributed by atoms with van der Waals surface area (Å²) in [5.74, 6) is 1.20. The van der Waals surface area contributed by atoms with Crippen molar-refractivity contribution >= 4 is 11.7 Å². The molecular weight excluding hydrogens is 190 g/mol. The number of amidine groups is 1. The SMILES string of the molecule is C=C(C)NC(=NC1CC1)c1[nH]cnc1N. The van der Waals surface area contributed by atoms with E-state index in [4.69, 9.17) is 5.73 Å². The number of aromatic nitrogens is 2. The van der Waals surface area contributed by atoms with Crippen molar-refractivity contribution in [3.05, 3.63) is 24.3 Å². The summed E-state index contributed by atoms with van der Waals surface area (Å²) in [5.41, 5.74) is 7.30. The van der Waals surface area contributed by atoms with Crippen molar-refractivity contribution in [1.29, 1.82) is 0 Å². The van der Waals surface area contributed by atoms with E-state index in [-0.39, 0.29) is 0 Å². The fourth-order valence-electron chi connectivity index (χ4n) is 1.24. The molecule has 2 rings (SSSR count). The summed E-state index contributed by atoms with van der Waals surface area (Å²) in [5, 5.41) is 3.10. The molecule has 0 aliphatic heterocycles. The van der Waals surface area contributed by atoms with Gasteiger partial charge in [-0.15, -0.1) is 0 Å². The second-order valence-electron chi connectivity index (χ2n) is 3.78. The Kier molecular flexibility index (Phi) is 2.45. The van der Waals surface area contributed by atoms with Gasteiger partial charge in [0, 0.05) is 5.70 Å². The van der Waals surface area contributed by atoms with Gasteiger partial charge in [-0.05, 0) is 19.8 Å². The van der Waals surface area contributed by atoms with Gasteiger partial charge in [-0.25, -0.2) is 4.98 Å². The quantitative estimate of drug-likeness (QED) is 0.509. The Morgan fingerprint density at radius 2 is 2.47 bits per heavy atom. The summed E-state index contributed by atoms with van der Waals surface area (Å²) in [7, 11) is 0. The zero-order chi connectivity index (χ0) is 10.8. The van der Waals surface area contributed by atoms with Crippen LogP contribution in [-0.2, 0) is 0 Å². The molecule has 15 heavy (non-hydrogen) atoms. The largest absolute Gasteiger partial charge is 0.382 e. The van der Waals surface area contributed by atoms with Gasteiger partial charge in [-0.1, -0.05) is 6.58 Å². The Hall–Kier alpha value is -1.78. The Morgan fingerprint density at radius 1 is 1.73 bits per heavy atom. The molecule has 4 N–H and O–H groups in total. The van der Waals surface area contributed by atoms with Gasteiger partial charge < -0.3 is 16.0 Å². The first-order valence-electron chi connectivity index (χ1n) is 4.96. The van der Waals surface area contributed by atoms with Crippen molar-refractivity contribution < 1.29 is 0 Å². The number of hydrogen-bond donors (Lipinski definition) is 3. The van der Waals surface area contributed by atoms with Gasteiger partial charge in [0.2, 0.25) is 0 Å². The minimum atomic E-state index is 0.426. The number of H-pyrrole nitrogens is 1. The van der Waals surface area contributed by atoms with Crippen LogP contribution < -0.4 is 11.1 Å². The second-order valence-corrected chi connectivity index (χ2v) is 3.78. The molecule has 5 nitrogen and oxygen atoms in total. The number of nitrogen functional groups attached to an aromatic ring is 1. The number of hydrogen-bond acceptors (Lipinski definition) is 3. The lowest BCUT2D eigenvalue weighted by Crippen LogP contribution is -2.24. The van der Waals surface area contributed by atoms with Crippen LogP contribution in [0.4, 0.5) is 5.82 Å². The first kappa shape index (κ1) is 9.76. The number of imidazole rings is 1. The van der Waals surface area contributed by atoms with Crippen molar-refractivity contribution in [3.63, 3.8) is 0 Å². The van der Waals surface area contributed by atoms with E-state index < -0.39 is 0 Å². The van der Waals surface area contributed by atoms with E-state index in [0.717, 1.165) is 30.1 Å². The maximum atomic E-state index is 5.72. The number of aromatic amines is 1. The van der Waals surface area contributed by atoms with Crippen LogP contribution in [0.3, 0.4) is 0 Å². The van der Waals surface area contributed by atoms with Crippen LogP contribution in [0, 0.1) is 0 Å². The van der Waals surface area contributed by atoms with Gasteiger partial charge in [0.25, 0.3) is 0 Å². The minimum Gasteiger partial charge on any atom is -0.382 e. The van der Waals surface area contributed by atoms with E-state index in [1.54, 1.807) is 6.33 Å². The molecule has 0 saturated heterocycles. The topological polar surface area (TPSA) is 79.1 Å². The summed E-state index contributed by atoms with van der Waals surface area (Å²) >= 11 is 0. The van der Waals surface area contributed by atoms with Crippen LogP contribution in [0.15, 0.2) is 23.6 Å². The standard InChI is InChI=1S/C10H15N5/c1-6(2)14-10(15-7-3-4-7)8-9(11)13-5-12-8/h5,7H,1,3-4,11H2,2H3,(H,12,13)(H,14,15). The molecule has 1 aliphatic carbocycles. The van der Waals surface area contributed by atoms with E-state index in [9.17, 15) is 0 Å². The van der Waals surface area contributed by atoms with Crippen LogP contribution in [0.25, 0.3) is 0 Å². The number of nitrogens with two attached hydrogens (primary N) is 1. The van der Waals surface area contributed by atoms with Gasteiger partial charge in [0.05, 0.1) is 12.4 Å². The smallest absolute Gasteiger partial charge is 0.153 e. The van der Waals surface area contributed by atoms with Gasteiger partial charge >= 0.3 is 0 Å². The highest BCUT2D eigenvalue weighted by Gasteiger charge is 2.22. The average Bonchev–Trinajstić information content (AvgIpc) is 2.86. The van der Waals surface area contributed by atoms with Gasteiger partial charge in [-0.3, -0.25) is 4.99 Å². The van der Waals surface area contributed by atoms with Crippen LogP contribution in [-0.4, -0.2) is 21.8 Å². The number of allylic oxidation sites excluding steroid dienone is 1. The Morgan fingerprint density at radius 3 is 2.93 bits per heavy atom. The van der Waals surface area contributed by atoms with Crippen LogP contribution in [0.5, 0.6) is 0 Å². The van der Waals surface area contributed by atoms with E-state index >= 15 is 0 Å². The van der Waals surface area contributed by atoms with Crippen LogP contribution in [0.1, 0.15) is 25.5 Å². The molecule has 0 spiro atoms. The molecule has 80 valence electrons. The second kappa shape index (κ2) is 3.76. The molecule has 0 atom stereocenters. The average molecular weight is 205 g/mol. The van der Waals surface area contributed by atoms with Crippen molar-refractivity contribution in [2.45, 2.75) is 25.8 Å². The van der Waals surface area contributed by atoms with Gasteiger partial charge in [0.15, 0.2) is 11.7 Å². The van der Waals surface area contributed by atoms with Crippen molar-refractivity contribution in [1.82, 2.24) is 15.3 Å². The molecule has 1 heterocycles. The summed E-state index contributed by atoms with van der Waals surface area (Å²) in [6, 6.07) is 0.426. The molecule has 0 bridgehead atoms. The first-order valence-corrected chi connectivity index (χ1v) is 4.96. The summed E-state index contributed by atoms with van der Waals surface area (Å²) in [4.78, 5) is 11.4. The lowest BCUT2D eigenvalue weighted by Gasteiger charge is -2.08. The van der Waals surface area contributed by atoms with Gasteiger partial charge in [0.1, 0.15) is 5.69 Å².